The molecule has 34 heavy (non-hydrogen) atoms. The van der Waals surface area contributed by atoms with Crippen LogP contribution in [0.4, 0.5) is 18.9 Å². The Morgan fingerprint density at radius 2 is 1.74 bits per heavy atom. The molecule has 7 nitrogen and oxygen atoms in total. The van der Waals surface area contributed by atoms with E-state index in [0.29, 0.717) is 12.1 Å². The molecule has 0 aromatic heterocycles. The lowest BCUT2D eigenvalue weighted by Crippen LogP contribution is -2.50. The standard InChI is InChI=1S/C23H28F3N3O4S/c1-33-21-8-5-18(6-9-21)7-10-22(30)27-11-16-34(31,32)29-14-12-28(13-15-29)20-4-2-3-19(17-20)23(24,25)26/h2-6,8-9,17H,7,10-16H2,1H3,(H,27,30). The molecule has 1 fully saturated rings. The van der Waals surface area contributed by atoms with Crippen molar-refractivity contribution in [1.29, 1.82) is 0 Å². The first-order chi connectivity index (χ1) is 16.1. The van der Waals surface area contributed by atoms with E-state index in [1.807, 2.05) is 24.3 Å². The van der Waals surface area contributed by atoms with Gasteiger partial charge in [0.15, 0.2) is 0 Å². The number of ether oxygens (including phenoxy) is 1. The summed E-state index contributed by atoms with van der Waals surface area (Å²) in [5.41, 5.74) is 0.654. The fourth-order valence-corrected chi connectivity index (χ4v) is 5.03. The van der Waals surface area contributed by atoms with E-state index in [0.717, 1.165) is 23.4 Å². The molecule has 0 spiro atoms. The molecule has 0 unspecified atom stereocenters. The van der Waals surface area contributed by atoms with Gasteiger partial charge in [0.1, 0.15) is 5.75 Å². The number of anilines is 1. The maximum Gasteiger partial charge on any atom is 0.416 e. The fourth-order valence-electron chi connectivity index (χ4n) is 3.69. The van der Waals surface area contributed by atoms with Crippen molar-refractivity contribution in [1.82, 2.24) is 9.62 Å². The first kappa shape index (κ1) is 25.8. The van der Waals surface area contributed by atoms with Crippen molar-refractivity contribution in [2.75, 3.05) is 50.5 Å². The predicted molar refractivity (Wildman–Crippen MR) is 123 cm³/mol. The summed E-state index contributed by atoms with van der Waals surface area (Å²) in [6.07, 6.45) is -3.66. The van der Waals surface area contributed by atoms with Crippen LogP contribution in [-0.4, -0.2) is 64.2 Å². The first-order valence-electron chi connectivity index (χ1n) is 10.9. The quantitative estimate of drug-likeness (QED) is 0.574. The zero-order chi connectivity index (χ0) is 24.8. The number of sulfonamides is 1. The molecule has 0 bridgehead atoms. The van der Waals surface area contributed by atoms with Gasteiger partial charge in [0.05, 0.1) is 18.4 Å². The lowest BCUT2D eigenvalue weighted by molar-refractivity contribution is -0.137. The van der Waals surface area contributed by atoms with Crippen LogP contribution in [0.2, 0.25) is 0 Å². The van der Waals surface area contributed by atoms with E-state index in [1.165, 1.54) is 10.4 Å². The van der Waals surface area contributed by atoms with E-state index in [-0.39, 0.29) is 50.8 Å². The van der Waals surface area contributed by atoms with E-state index < -0.39 is 21.8 Å². The molecule has 0 saturated carbocycles. The van der Waals surface area contributed by atoms with Gasteiger partial charge in [-0.2, -0.15) is 17.5 Å². The maximum absolute atomic E-state index is 13.0. The molecule has 1 aliphatic heterocycles. The number of methoxy groups -OCH3 is 1. The van der Waals surface area contributed by atoms with Crippen LogP contribution in [0.5, 0.6) is 5.75 Å². The highest BCUT2D eigenvalue weighted by Gasteiger charge is 2.32. The van der Waals surface area contributed by atoms with Crippen molar-refractivity contribution in [3.8, 4) is 5.75 Å². The van der Waals surface area contributed by atoms with E-state index >= 15 is 0 Å². The number of carbonyl (C=O) groups excluding carboxylic acids is 1. The normalized spacial score (nSPS) is 15.2. The average molecular weight is 500 g/mol. The molecular formula is C23H28F3N3O4S. The van der Waals surface area contributed by atoms with Gasteiger partial charge in [-0.15, -0.1) is 0 Å². The summed E-state index contributed by atoms with van der Waals surface area (Å²) in [4.78, 5) is 13.8. The first-order valence-corrected chi connectivity index (χ1v) is 12.5. The zero-order valence-corrected chi connectivity index (χ0v) is 19.7. The third-order valence-corrected chi connectivity index (χ3v) is 7.52. The van der Waals surface area contributed by atoms with Crippen LogP contribution in [0.1, 0.15) is 17.5 Å². The van der Waals surface area contributed by atoms with Crippen LogP contribution in [0.3, 0.4) is 0 Å². The van der Waals surface area contributed by atoms with Crippen molar-refractivity contribution >= 4 is 21.6 Å². The number of hydrogen-bond acceptors (Lipinski definition) is 5. The highest BCUT2D eigenvalue weighted by molar-refractivity contribution is 7.89. The van der Waals surface area contributed by atoms with E-state index in [2.05, 4.69) is 5.32 Å². The number of nitrogens with one attached hydrogen (secondary N) is 1. The summed E-state index contributed by atoms with van der Waals surface area (Å²) >= 11 is 0. The lowest BCUT2D eigenvalue weighted by atomic mass is 10.1. The number of alkyl halides is 3. The van der Waals surface area contributed by atoms with Crippen LogP contribution in [0.25, 0.3) is 0 Å². The molecular weight excluding hydrogens is 471 g/mol. The Bertz CT molecular complexity index is 1070. The molecule has 1 amide bonds. The SMILES string of the molecule is COc1ccc(CCC(=O)NCCS(=O)(=O)N2CCN(c3cccc(C(F)(F)F)c3)CC2)cc1. The summed E-state index contributed by atoms with van der Waals surface area (Å²) in [6.45, 7) is 0.912. The minimum absolute atomic E-state index is 0.00236. The molecule has 0 atom stereocenters. The van der Waals surface area contributed by atoms with Gasteiger partial charge < -0.3 is 15.0 Å². The molecule has 186 valence electrons. The largest absolute Gasteiger partial charge is 0.497 e. The second-order valence-corrected chi connectivity index (χ2v) is 10.0. The van der Waals surface area contributed by atoms with Crippen LogP contribution < -0.4 is 15.0 Å². The number of rotatable bonds is 9. The second kappa shape index (κ2) is 11.1. The van der Waals surface area contributed by atoms with Crippen LogP contribution in [0, 0.1) is 0 Å². The fraction of sp³-hybridized carbons (Fsp3) is 0.435. The monoisotopic (exact) mass is 499 g/mol. The Morgan fingerprint density at radius 1 is 1.06 bits per heavy atom. The predicted octanol–water partition coefficient (Wildman–Crippen LogP) is 2.91. The van der Waals surface area contributed by atoms with Gasteiger partial charge in [-0.1, -0.05) is 18.2 Å². The third-order valence-electron chi connectivity index (χ3n) is 5.65. The van der Waals surface area contributed by atoms with Crippen LogP contribution >= 0.6 is 0 Å². The van der Waals surface area contributed by atoms with Gasteiger partial charge in [-0.25, -0.2) is 8.42 Å². The minimum Gasteiger partial charge on any atom is -0.497 e. The van der Waals surface area contributed by atoms with Crippen molar-refractivity contribution in [3.63, 3.8) is 0 Å². The summed E-state index contributed by atoms with van der Waals surface area (Å²) < 4.78 is 70.5. The summed E-state index contributed by atoms with van der Waals surface area (Å²) in [5, 5.41) is 2.64. The van der Waals surface area contributed by atoms with Crippen molar-refractivity contribution in [2.45, 2.75) is 19.0 Å². The van der Waals surface area contributed by atoms with Gasteiger partial charge in [-0.3, -0.25) is 4.79 Å². The maximum atomic E-state index is 13.0. The van der Waals surface area contributed by atoms with Gasteiger partial charge in [-0.05, 0) is 42.3 Å². The number of hydrogen-bond donors (Lipinski definition) is 1. The minimum atomic E-state index is -4.43. The molecule has 1 heterocycles. The number of piperazine rings is 1. The Labute approximate surface area is 197 Å². The smallest absolute Gasteiger partial charge is 0.416 e. The molecule has 2 aromatic carbocycles. The van der Waals surface area contributed by atoms with Gasteiger partial charge in [0.2, 0.25) is 15.9 Å². The zero-order valence-electron chi connectivity index (χ0n) is 18.8. The number of amides is 1. The van der Waals surface area contributed by atoms with Crippen molar-refractivity contribution < 1.29 is 31.1 Å². The highest BCUT2D eigenvalue weighted by Crippen LogP contribution is 2.32. The average Bonchev–Trinajstić information content (AvgIpc) is 2.82. The van der Waals surface area contributed by atoms with Crippen LogP contribution in [0.15, 0.2) is 48.5 Å². The Morgan fingerprint density at radius 3 is 2.35 bits per heavy atom. The molecule has 11 heteroatoms. The Kier molecular flexibility index (Phi) is 8.42. The van der Waals surface area contributed by atoms with Crippen LogP contribution in [-0.2, 0) is 27.4 Å². The molecule has 2 aromatic rings. The molecule has 1 N–H and O–H groups in total. The molecule has 1 saturated heterocycles. The van der Waals surface area contributed by atoms with Gasteiger partial charge >= 0.3 is 6.18 Å². The Hall–Kier alpha value is -2.79. The molecule has 0 radical (unpaired) electrons. The summed E-state index contributed by atoms with van der Waals surface area (Å²) in [6, 6.07) is 12.4. The summed E-state index contributed by atoms with van der Waals surface area (Å²) in [7, 11) is -2.02. The number of carbonyl (C=O) groups is 1. The molecule has 3 rings (SSSR count). The Balaban J connectivity index is 1.42. The topological polar surface area (TPSA) is 78.9 Å². The van der Waals surface area contributed by atoms with Crippen molar-refractivity contribution in [2.24, 2.45) is 0 Å². The number of nitrogens with zero attached hydrogens (tertiary/aromatic N) is 2. The summed E-state index contributed by atoms with van der Waals surface area (Å²) in [5.74, 6) is 0.264. The lowest BCUT2D eigenvalue weighted by Gasteiger charge is -2.35. The van der Waals surface area contributed by atoms with E-state index in [9.17, 15) is 26.4 Å². The highest BCUT2D eigenvalue weighted by atomic mass is 32.2. The van der Waals surface area contributed by atoms with E-state index in [4.69, 9.17) is 4.74 Å². The molecule has 0 aliphatic carbocycles. The van der Waals surface area contributed by atoms with E-state index in [1.54, 1.807) is 18.1 Å². The van der Waals surface area contributed by atoms with Gasteiger partial charge in [0, 0.05) is 44.8 Å². The number of aryl methyl sites for hydroxylation is 1. The number of halogens is 3. The van der Waals surface area contributed by atoms with Gasteiger partial charge in [0.25, 0.3) is 0 Å². The number of benzene rings is 2. The molecule has 1 aliphatic rings. The van der Waals surface area contributed by atoms with Crippen molar-refractivity contribution in [3.05, 3.63) is 59.7 Å². The third kappa shape index (κ3) is 7.10. The second-order valence-electron chi connectivity index (χ2n) is 7.95.